The molecule has 1 atom stereocenters. The third kappa shape index (κ3) is 3.08. The summed E-state index contributed by atoms with van der Waals surface area (Å²) in [7, 11) is 1.73. The van der Waals surface area contributed by atoms with Gasteiger partial charge in [-0.2, -0.15) is 0 Å². The molecular formula is C17H23N3O4. The largest absolute Gasteiger partial charge is 0.377 e. The lowest BCUT2D eigenvalue weighted by Gasteiger charge is -2.35. The molecule has 0 spiro atoms. The number of hydrogen-bond acceptors (Lipinski definition) is 4. The monoisotopic (exact) mass is 333 g/mol. The number of fused-ring (bicyclic) bond motifs is 1. The van der Waals surface area contributed by atoms with Crippen LogP contribution in [0.3, 0.4) is 0 Å². The molecule has 1 fully saturated rings. The number of aromatic nitrogens is 1. The van der Waals surface area contributed by atoms with Crippen LogP contribution in [0.25, 0.3) is 0 Å². The zero-order valence-electron chi connectivity index (χ0n) is 13.9. The van der Waals surface area contributed by atoms with Crippen molar-refractivity contribution in [2.75, 3.05) is 19.8 Å². The maximum atomic E-state index is 13.0. The summed E-state index contributed by atoms with van der Waals surface area (Å²) in [6.07, 6.45) is 3.93. The Morgan fingerprint density at radius 1 is 1.33 bits per heavy atom. The molecule has 1 saturated heterocycles. The average molecular weight is 333 g/mol. The first-order chi connectivity index (χ1) is 11.5. The molecule has 24 heavy (non-hydrogen) atoms. The Morgan fingerprint density at radius 3 is 2.83 bits per heavy atom. The third-order valence-electron chi connectivity index (χ3n) is 4.89. The number of rotatable bonds is 3. The summed E-state index contributed by atoms with van der Waals surface area (Å²) in [6.45, 7) is 1.02. The summed E-state index contributed by atoms with van der Waals surface area (Å²) in [5.74, 6) is -0.819. The second kappa shape index (κ2) is 6.76. The standard InChI is InChI=1S/C17H23N3O4/c1-19-14-5-3-2-4-11(14)8-13(16(19)22)17(23)20-6-7-24-10-12(20)9-15(18)21/h8,12H,2-7,9-10H2,1H3,(H2,18,21)/t12-/m0/s1. The van der Waals surface area contributed by atoms with E-state index < -0.39 is 11.9 Å². The maximum Gasteiger partial charge on any atom is 0.263 e. The smallest absolute Gasteiger partial charge is 0.263 e. The van der Waals surface area contributed by atoms with E-state index in [0.29, 0.717) is 13.2 Å². The van der Waals surface area contributed by atoms with Crippen LogP contribution in [0.15, 0.2) is 10.9 Å². The number of ether oxygens (including phenoxy) is 1. The van der Waals surface area contributed by atoms with E-state index in [4.69, 9.17) is 10.5 Å². The Bertz CT molecular complexity index is 725. The molecule has 0 bridgehead atoms. The zero-order chi connectivity index (χ0) is 17.3. The Balaban J connectivity index is 1.95. The molecule has 130 valence electrons. The van der Waals surface area contributed by atoms with Crippen molar-refractivity contribution in [2.24, 2.45) is 12.8 Å². The molecule has 1 aliphatic heterocycles. The number of nitrogens with zero attached hydrogens (tertiary/aromatic N) is 2. The quantitative estimate of drug-likeness (QED) is 0.841. The van der Waals surface area contributed by atoms with E-state index in [0.717, 1.165) is 36.9 Å². The molecule has 1 aliphatic carbocycles. The van der Waals surface area contributed by atoms with Crippen molar-refractivity contribution in [1.29, 1.82) is 0 Å². The molecule has 1 aromatic heterocycles. The Labute approximate surface area is 140 Å². The van der Waals surface area contributed by atoms with E-state index in [2.05, 4.69) is 0 Å². The van der Waals surface area contributed by atoms with Crippen molar-refractivity contribution < 1.29 is 14.3 Å². The molecule has 2 heterocycles. The van der Waals surface area contributed by atoms with Crippen LogP contribution in [0.1, 0.15) is 40.9 Å². The van der Waals surface area contributed by atoms with E-state index in [-0.39, 0.29) is 30.1 Å². The molecule has 7 heteroatoms. The van der Waals surface area contributed by atoms with Gasteiger partial charge in [0.25, 0.3) is 11.5 Å². The molecule has 2 N–H and O–H groups in total. The van der Waals surface area contributed by atoms with Crippen LogP contribution in [0.5, 0.6) is 0 Å². The number of primary amides is 1. The second-order valence-corrected chi connectivity index (χ2v) is 6.50. The van der Waals surface area contributed by atoms with Crippen molar-refractivity contribution in [2.45, 2.75) is 38.1 Å². The SMILES string of the molecule is Cn1c2c(cc(C(=O)N3CCOC[C@@H]3CC(N)=O)c1=O)CCCC2. The Hall–Kier alpha value is -2.15. The second-order valence-electron chi connectivity index (χ2n) is 6.50. The van der Waals surface area contributed by atoms with Crippen molar-refractivity contribution in [3.63, 3.8) is 0 Å². The number of pyridine rings is 1. The van der Waals surface area contributed by atoms with Crippen LogP contribution in [-0.2, 0) is 29.4 Å². The minimum atomic E-state index is -0.485. The molecule has 0 radical (unpaired) electrons. The fourth-order valence-electron chi connectivity index (χ4n) is 3.62. The summed E-state index contributed by atoms with van der Waals surface area (Å²) < 4.78 is 6.96. The highest BCUT2D eigenvalue weighted by molar-refractivity contribution is 5.94. The maximum absolute atomic E-state index is 13.0. The van der Waals surface area contributed by atoms with Gasteiger partial charge in [0.2, 0.25) is 5.91 Å². The number of morpholine rings is 1. The average Bonchev–Trinajstić information content (AvgIpc) is 2.57. The first-order valence-corrected chi connectivity index (χ1v) is 8.38. The third-order valence-corrected chi connectivity index (χ3v) is 4.89. The molecule has 7 nitrogen and oxygen atoms in total. The van der Waals surface area contributed by atoms with Gasteiger partial charge in [0.15, 0.2) is 0 Å². The van der Waals surface area contributed by atoms with Crippen LogP contribution in [-0.4, -0.2) is 47.1 Å². The highest BCUT2D eigenvalue weighted by Crippen LogP contribution is 2.21. The lowest BCUT2D eigenvalue weighted by atomic mass is 9.94. The number of amides is 2. The summed E-state index contributed by atoms with van der Waals surface area (Å²) >= 11 is 0. The van der Waals surface area contributed by atoms with E-state index in [1.807, 2.05) is 0 Å². The van der Waals surface area contributed by atoms with Crippen LogP contribution in [0.2, 0.25) is 0 Å². The lowest BCUT2D eigenvalue weighted by molar-refractivity contribution is -0.120. The van der Waals surface area contributed by atoms with Gasteiger partial charge in [0.1, 0.15) is 5.56 Å². The Kier molecular flexibility index (Phi) is 4.71. The van der Waals surface area contributed by atoms with Crippen LogP contribution >= 0.6 is 0 Å². The number of carbonyl (C=O) groups excluding carboxylic acids is 2. The predicted octanol–water partition coefficient (Wildman–Crippen LogP) is -0.0195. The number of nitrogens with two attached hydrogens (primary N) is 1. The number of carbonyl (C=O) groups is 2. The zero-order valence-corrected chi connectivity index (χ0v) is 13.9. The van der Waals surface area contributed by atoms with E-state index in [1.165, 1.54) is 0 Å². The van der Waals surface area contributed by atoms with Crippen molar-refractivity contribution in [3.05, 3.63) is 33.2 Å². The molecule has 0 aromatic carbocycles. The van der Waals surface area contributed by atoms with Crippen LogP contribution in [0.4, 0.5) is 0 Å². The van der Waals surface area contributed by atoms with Gasteiger partial charge < -0.3 is 19.9 Å². The number of hydrogen-bond donors (Lipinski definition) is 1. The highest BCUT2D eigenvalue weighted by Gasteiger charge is 2.31. The molecule has 2 amide bonds. The molecular weight excluding hydrogens is 310 g/mol. The van der Waals surface area contributed by atoms with Gasteiger partial charge >= 0.3 is 0 Å². The van der Waals surface area contributed by atoms with Gasteiger partial charge in [0, 0.05) is 25.7 Å². The molecule has 0 saturated carbocycles. The van der Waals surface area contributed by atoms with Crippen LogP contribution in [0, 0.1) is 0 Å². The van der Waals surface area contributed by atoms with Crippen LogP contribution < -0.4 is 11.3 Å². The van der Waals surface area contributed by atoms with Gasteiger partial charge in [-0.15, -0.1) is 0 Å². The summed E-state index contributed by atoms with van der Waals surface area (Å²) in [6, 6.07) is 1.33. The summed E-state index contributed by atoms with van der Waals surface area (Å²) in [5, 5.41) is 0. The van der Waals surface area contributed by atoms with E-state index >= 15 is 0 Å². The molecule has 1 aromatic rings. The van der Waals surface area contributed by atoms with Crippen molar-refractivity contribution in [3.8, 4) is 0 Å². The minimum Gasteiger partial charge on any atom is -0.377 e. The van der Waals surface area contributed by atoms with E-state index in [9.17, 15) is 14.4 Å². The van der Waals surface area contributed by atoms with Gasteiger partial charge in [-0.3, -0.25) is 14.4 Å². The fourth-order valence-corrected chi connectivity index (χ4v) is 3.62. The topological polar surface area (TPSA) is 94.6 Å². The highest BCUT2D eigenvalue weighted by atomic mass is 16.5. The summed E-state index contributed by atoms with van der Waals surface area (Å²) in [4.78, 5) is 38.4. The van der Waals surface area contributed by atoms with Gasteiger partial charge in [-0.1, -0.05) is 0 Å². The fraction of sp³-hybridized carbons (Fsp3) is 0.588. The van der Waals surface area contributed by atoms with E-state index in [1.54, 1.807) is 22.6 Å². The minimum absolute atomic E-state index is 0.0387. The van der Waals surface area contributed by atoms with Gasteiger partial charge in [-0.05, 0) is 37.3 Å². The first kappa shape index (κ1) is 16.7. The first-order valence-electron chi connectivity index (χ1n) is 8.38. The van der Waals surface area contributed by atoms with Gasteiger partial charge in [-0.25, -0.2) is 0 Å². The lowest BCUT2D eigenvalue weighted by Crippen LogP contribution is -2.51. The van der Waals surface area contributed by atoms with Crippen molar-refractivity contribution >= 4 is 11.8 Å². The molecule has 3 rings (SSSR count). The van der Waals surface area contributed by atoms with Gasteiger partial charge in [0.05, 0.1) is 19.3 Å². The predicted molar refractivity (Wildman–Crippen MR) is 87.8 cm³/mol. The Morgan fingerprint density at radius 2 is 2.08 bits per heavy atom. The summed E-state index contributed by atoms with van der Waals surface area (Å²) in [5.41, 5.74) is 7.28. The number of aryl methyl sites for hydroxylation is 1. The van der Waals surface area contributed by atoms with Crippen molar-refractivity contribution in [1.82, 2.24) is 9.47 Å². The molecule has 0 unspecified atom stereocenters. The normalized spacial score (nSPS) is 20.5. The molecule has 2 aliphatic rings.